The molecule has 2 rings (SSSR count). The molecule has 0 bridgehead atoms. The lowest BCUT2D eigenvalue weighted by Crippen LogP contribution is -2.54. The Morgan fingerprint density at radius 1 is 1.47 bits per heavy atom. The van der Waals surface area contributed by atoms with Crippen LogP contribution in [-0.4, -0.2) is 41.7 Å². The minimum Gasteiger partial charge on any atom is -0.481 e. The van der Waals surface area contributed by atoms with Crippen LogP contribution in [0.4, 0.5) is 8.78 Å². The number of nitrogens with zero attached hydrogens (tertiary/aromatic N) is 1. The van der Waals surface area contributed by atoms with Gasteiger partial charge in [0.25, 0.3) is 5.91 Å². The zero-order valence-corrected chi connectivity index (χ0v) is 8.90. The second-order valence-electron chi connectivity index (χ2n) is 3.82. The normalized spacial score (nSPS) is 15.6. The van der Waals surface area contributed by atoms with Gasteiger partial charge in [-0.25, -0.2) is 8.78 Å². The Labute approximate surface area is 96.4 Å². The van der Waals surface area contributed by atoms with Crippen molar-refractivity contribution in [3.63, 3.8) is 0 Å². The predicted octanol–water partition coefficient (Wildman–Crippen LogP) is 0.547. The molecule has 0 atom stereocenters. The van der Waals surface area contributed by atoms with Crippen molar-refractivity contribution in [1.82, 2.24) is 4.90 Å². The lowest BCUT2D eigenvalue weighted by molar-refractivity contribution is -0.143. The van der Waals surface area contributed by atoms with Crippen LogP contribution in [0.3, 0.4) is 0 Å². The van der Waals surface area contributed by atoms with Crippen LogP contribution < -0.4 is 4.74 Å². The van der Waals surface area contributed by atoms with Crippen LogP contribution in [0.25, 0.3) is 0 Å². The third-order valence-corrected chi connectivity index (χ3v) is 2.46. The van der Waals surface area contributed by atoms with E-state index in [0.29, 0.717) is 6.07 Å². The van der Waals surface area contributed by atoms with Crippen LogP contribution in [0, 0.1) is 11.6 Å². The van der Waals surface area contributed by atoms with Crippen molar-refractivity contribution in [3.8, 4) is 5.75 Å². The summed E-state index contributed by atoms with van der Waals surface area (Å²) >= 11 is 0. The van der Waals surface area contributed by atoms with Gasteiger partial charge in [0.2, 0.25) is 0 Å². The molecule has 92 valence electrons. The van der Waals surface area contributed by atoms with Gasteiger partial charge in [-0.3, -0.25) is 4.79 Å². The molecule has 0 saturated carbocycles. The van der Waals surface area contributed by atoms with Gasteiger partial charge in [0.05, 0.1) is 6.10 Å². The molecule has 1 amide bonds. The van der Waals surface area contributed by atoms with Gasteiger partial charge in [-0.15, -0.1) is 0 Å². The van der Waals surface area contributed by atoms with Crippen molar-refractivity contribution >= 4 is 5.91 Å². The molecule has 0 radical (unpaired) electrons. The number of hydrogen-bond donors (Lipinski definition) is 1. The van der Waals surface area contributed by atoms with Gasteiger partial charge in [-0.05, 0) is 12.1 Å². The number of hydrogen-bond acceptors (Lipinski definition) is 3. The van der Waals surface area contributed by atoms with E-state index in [-0.39, 0.29) is 31.4 Å². The Morgan fingerprint density at radius 2 is 2.18 bits per heavy atom. The molecule has 17 heavy (non-hydrogen) atoms. The van der Waals surface area contributed by atoms with Crippen LogP contribution in [0.15, 0.2) is 18.2 Å². The first-order valence-corrected chi connectivity index (χ1v) is 5.10. The van der Waals surface area contributed by atoms with E-state index in [4.69, 9.17) is 9.84 Å². The average molecular weight is 243 g/mol. The van der Waals surface area contributed by atoms with E-state index >= 15 is 0 Å². The number of carbonyl (C=O) groups is 1. The standard InChI is InChI=1S/C11H11F2NO3/c12-7-1-2-10(9(13)3-7)17-6-11(16)14-4-8(15)5-14/h1-3,8,15H,4-6H2. The Bertz CT molecular complexity index is 433. The highest BCUT2D eigenvalue weighted by molar-refractivity contribution is 5.78. The van der Waals surface area contributed by atoms with E-state index in [1.807, 2.05) is 0 Å². The maximum Gasteiger partial charge on any atom is 0.260 e. The molecule has 1 aromatic carbocycles. The SMILES string of the molecule is O=C(COc1ccc(F)cc1F)N1CC(O)C1. The minimum absolute atomic E-state index is 0.166. The topological polar surface area (TPSA) is 49.8 Å². The summed E-state index contributed by atoms with van der Waals surface area (Å²) in [6.45, 7) is 0.220. The van der Waals surface area contributed by atoms with Crippen LogP contribution in [-0.2, 0) is 4.79 Å². The Morgan fingerprint density at radius 3 is 2.76 bits per heavy atom. The van der Waals surface area contributed by atoms with Gasteiger partial charge in [0.1, 0.15) is 5.82 Å². The molecule has 1 N–H and O–H groups in total. The molecule has 0 aromatic heterocycles. The van der Waals surface area contributed by atoms with E-state index in [0.717, 1.165) is 12.1 Å². The largest absolute Gasteiger partial charge is 0.481 e. The summed E-state index contributed by atoms with van der Waals surface area (Å²) in [6.07, 6.45) is -0.485. The summed E-state index contributed by atoms with van der Waals surface area (Å²) in [5, 5.41) is 8.99. The van der Waals surface area contributed by atoms with Crippen LogP contribution in [0.5, 0.6) is 5.75 Å². The molecule has 0 spiro atoms. The van der Waals surface area contributed by atoms with E-state index in [2.05, 4.69) is 0 Å². The van der Waals surface area contributed by atoms with Crippen LogP contribution >= 0.6 is 0 Å². The average Bonchev–Trinajstić information content (AvgIpc) is 2.23. The number of amides is 1. The van der Waals surface area contributed by atoms with Crippen molar-refractivity contribution in [2.24, 2.45) is 0 Å². The smallest absolute Gasteiger partial charge is 0.260 e. The van der Waals surface area contributed by atoms with Crippen LogP contribution in [0.1, 0.15) is 0 Å². The zero-order valence-electron chi connectivity index (χ0n) is 8.90. The lowest BCUT2D eigenvalue weighted by Gasteiger charge is -2.35. The summed E-state index contributed by atoms with van der Waals surface area (Å²) in [4.78, 5) is 12.8. The van der Waals surface area contributed by atoms with E-state index in [1.54, 1.807) is 0 Å². The van der Waals surface area contributed by atoms with Gasteiger partial charge < -0.3 is 14.7 Å². The quantitative estimate of drug-likeness (QED) is 0.843. The van der Waals surface area contributed by atoms with Gasteiger partial charge in [-0.1, -0.05) is 0 Å². The summed E-state index contributed by atoms with van der Waals surface area (Å²) in [5.41, 5.74) is 0. The number of rotatable bonds is 3. The first-order valence-electron chi connectivity index (χ1n) is 5.10. The second kappa shape index (κ2) is 4.67. The fraction of sp³-hybridized carbons (Fsp3) is 0.364. The number of ether oxygens (including phenoxy) is 1. The first-order chi connectivity index (χ1) is 8.06. The van der Waals surface area contributed by atoms with E-state index in [9.17, 15) is 13.6 Å². The number of likely N-dealkylation sites (tertiary alicyclic amines) is 1. The number of carbonyl (C=O) groups excluding carboxylic acids is 1. The van der Waals surface area contributed by atoms with E-state index < -0.39 is 17.7 Å². The molecule has 0 aliphatic carbocycles. The molecular weight excluding hydrogens is 232 g/mol. The van der Waals surface area contributed by atoms with Crippen molar-refractivity contribution in [3.05, 3.63) is 29.8 Å². The third kappa shape index (κ3) is 2.71. The number of aliphatic hydroxyl groups is 1. The maximum atomic E-state index is 13.1. The van der Waals surface area contributed by atoms with Crippen LogP contribution in [0.2, 0.25) is 0 Å². The van der Waals surface area contributed by atoms with Crippen molar-refractivity contribution in [2.45, 2.75) is 6.10 Å². The van der Waals surface area contributed by atoms with E-state index in [1.165, 1.54) is 4.90 Å². The van der Waals surface area contributed by atoms with Gasteiger partial charge in [0.15, 0.2) is 18.2 Å². The molecule has 0 unspecified atom stereocenters. The molecular formula is C11H11F2NO3. The highest BCUT2D eigenvalue weighted by Crippen LogP contribution is 2.18. The fourth-order valence-corrected chi connectivity index (χ4v) is 1.48. The first kappa shape index (κ1) is 11.8. The molecule has 6 heteroatoms. The summed E-state index contributed by atoms with van der Waals surface area (Å²) in [6, 6.07) is 2.87. The van der Waals surface area contributed by atoms with Gasteiger partial charge >= 0.3 is 0 Å². The second-order valence-corrected chi connectivity index (χ2v) is 3.82. The monoisotopic (exact) mass is 243 g/mol. The van der Waals surface area contributed by atoms with Gasteiger partial charge in [-0.2, -0.15) is 0 Å². The summed E-state index contributed by atoms with van der Waals surface area (Å²) in [7, 11) is 0. The summed E-state index contributed by atoms with van der Waals surface area (Å²) in [5.74, 6) is -2.05. The zero-order chi connectivity index (χ0) is 12.4. The minimum atomic E-state index is -0.846. The third-order valence-electron chi connectivity index (χ3n) is 2.46. The summed E-state index contributed by atoms with van der Waals surface area (Å²) < 4.78 is 30.6. The molecule has 4 nitrogen and oxygen atoms in total. The lowest BCUT2D eigenvalue weighted by atomic mass is 10.2. The Kier molecular flexibility index (Phi) is 3.23. The van der Waals surface area contributed by atoms with Gasteiger partial charge in [0, 0.05) is 19.2 Å². The number of aliphatic hydroxyl groups excluding tert-OH is 1. The number of β-amino-alcohol motifs (C(OH)–C–C–N with tert-alkyl or cyclic N) is 1. The molecule has 1 aliphatic heterocycles. The molecule has 1 aliphatic rings. The molecule has 1 heterocycles. The van der Waals surface area contributed by atoms with Crippen molar-refractivity contribution in [1.29, 1.82) is 0 Å². The highest BCUT2D eigenvalue weighted by atomic mass is 19.1. The highest BCUT2D eigenvalue weighted by Gasteiger charge is 2.28. The molecule has 1 saturated heterocycles. The Balaban J connectivity index is 1.87. The fourth-order valence-electron chi connectivity index (χ4n) is 1.48. The Hall–Kier alpha value is -1.69. The molecule has 1 fully saturated rings. The molecule has 1 aromatic rings. The maximum absolute atomic E-state index is 13.1. The van der Waals surface area contributed by atoms with Crippen molar-refractivity contribution < 1.29 is 23.4 Å². The number of halogens is 2. The van der Waals surface area contributed by atoms with Crippen molar-refractivity contribution in [2.75, 3.05) is 19.7 Å². The predicted molar refractivity (Wildman–Crippen MR) is 54.4 cm³/mol. The number of benzene rings is 1.